The van der Waals surface area contributed by atoms with Crippen molar-refractivity contribution in [1.82, 2.24) is 0 Å². The van der Waals surface area contributed by atoms with Crippen LogP contribution in [0.1, 0.15) is 18.5 Å². The maximum atomic E-state index is 11.6. The third kappa shape index (κ3) is 3.41. The van der Waals surface area contributed by atoms with Gasteiger partial charge in [-0.25, -0.2) is 4.79 Å². The Bertz CT molecular complexity index is 734. The van der Waals surface area contributed by atoms with Gasteiger partial charge in [0.1, 0.15) is 12.4 Å². The number of amides is 1. The normalized spacial score (nSPS) is 15.1. The van der Waals surface area contributed by atoms with Crippen molar-refractivity contribution in [2.24, 2.45) is 0 Å². The molecule has 1 aliphatic rings. The molecule has 0 aromatic heterocycles. The topological polar surface area (TPSA) is 50.8 Å². The SMILES string of the molecule is COc1ccc([C@H](C)Nc2ccc(N3CCOC3=O)cc2)cc1Cl. The first-order chi connectivity index (χ1) is 11.6. The molecular weight excluding hydrogens is 328 g/mol. The molecule has 0 spiro atoms. The Labute approximate surface area is 146 Å². The number of nitrogens with zero attached hydrogens (tertiary/aromatic N) is 1. The predicted molar refractivity (Wildman–Crippen MR) is 95.2 cm³/mol. The lowest BCUT2D eigenvalue weighted by molar-refractivity contribution is 0.181. The second-order valence-corrected chi connectivity index (χ2v) is 5.98. The molecule has 1 saturated heterocycles. The second-order valence-electron chi connectivity index (χ2n) is 5.57. The van der Waals surface area contributed by atoms with Gasteiger partial charge in [-0.05, 0) is 48.9 Å². The van der Waals surface area contributed by atoms with Gasteiger partial charge >= 0.3 is 6.09 Å². The fourth-order valence-corrected chi connectivity index (χ4v) is 2.92. The van der Waals surface area contributed by atoms with Crippen molar-refractivity contribution < 1.29 is 14.3 Å². The van der Waals surface area contributed by atoms with Crippen LogP contribution in [0.2, 0.25) is 5.02 Å². The Kier molecular flexibility index (Phi) is 4.81. The van der Waals surface area contributed by atoms with Gasteiger partial charge in [0.2, 0.25) is 0 Å². The van der Waals surface area contributed by atoms with E-state index in [1.165, 1.54) is 0 Å². The van der Waals surface area contributed by atoms with Crippen molar-refractivity contribution in [3.8, 4) is 5.75 Å². The van der Waals surface area contributed by atoms with Crippen molar-refractivity contribution in [3.63, 3.8) is 0 Å². The van der Waals surface area contributed by atoms with Crippen LogP contribution in [0.3, 0.4) is 0 Å². The highest BCUT2D eigenvalue weighted by Crippen LogP contribution is 2.29. The van der Waals surface area contributed by atoms with E-state index >= 15 is 0 Å². The van der Waals surface area contributed by atoms with Crippen LogP contribution in [-0.2, 0) is 4.74 Å². The van der Waals surface area contributed by atoms with Gasteiger partial charge in [-0.15, -0.1) is 0 Å². The molecule has 0 saturated carbocycles. The minimum Gasteiger partial charge on any atom is -0.495 e. The van der Waals surface area contributed by atoms with Crippen molar-refractivity contribution in [2.75, 3.05) is 30.5 Å². The number of anilines is 2. The standard InChI is InChI=1S/C18H19ClN2O3/c1-12(13-3-8-17(23-2)16(19)11-13)20-14-4-6-15(7-5-14)21-9-10-24-18(21)22/h3-8,11-12,20H,9-10H2,1-2H3/t12-/m0/s1. The van der Waals surface area contributed by atoms with E-state index in [0.29, 0.717) is 23.9 Å². The Morgan fingerprint density at radius 2 is 2.00 bits per heavy atom. The lowest BCUT2D eigenvalue weighted by Crippen LogP contribution is -2.23. The van der Waals surface area contributed by atoms with Gasteiger partial charge in [0, 0.05) is 17.4 Å². The average molecular weight is 347 g/mol. The molecule has 3 rings (SSSR count). The number of carbonyl (C=O) groups excluding carboxylic acids is 1. The fraction of sp³-hybridized carbons (Fsp3) is 0.278. The molecule has 2 aromatic carbocycles. The van der Waals surface area contributed by atoms with E-state index in [0.717, 1.165) is 16.9 Å². The highest BCUT2D eigenvalue weighted by atomic mass is 35.5. The summed E-state index contributed by atoms with van der Waals surface area (Å²) >= 11 is 6.18. The molecule has 0 aliphatic carbocycles. The Balaban J connectivity index is 1.69. The first kappa shape index (κ1) is 16.5. The summed E-state index contributed by atoms with van der Waals surface area (Å²) in [6, 6.07) is 13.5. The van der Waals surface area contributed by atoms with Gasteiger partial charge in [0.05, 0.1) is 18.7 Å². The summed E-state index contributed by atoms with van der Waals surface area (Å²) in [5.41, 5.74) is 2.86. The van der Waals surface area contributed by atoms with Crippen LogP contribution in [0.25, 0.3) is 0 Å². The van der Waals surface area contributed by atoms with Crippen LogP contribution in [0.4, 0.5) is 16.2 Å². The molecule has 6 heteroatoms. The molecule has 2 aromatic rings. The molecule has 1 amide bonds. The minimum atomic E-state index is -0.294. The number of cyclic esters (lactones) is 1. The van der Waals surface area contributed by atoms with Crippen LogP contribution in [-0.4, -0.2) is 26.4 Å². The molecule has 126 valence electrons. The zero-order chi connectivity index (χ0) is 17.1. The predicted octanol–water partition coefficient (Wildman–Crippen LogP) is 4.48. The van der Waals surface area contributed by atoms with Crippen LogP contribution >= 0.6 is 11.6 Å². The Morgan fingerprint density at radius 1 is 1.25 bits per heavy atom. The first-order valence-electron chi connectivity index (χ1n) is 7.73. The summed E-state index contributed by atoms with van der Waals surface area (Å²) in [6.45, 7) is 3.09. The van der Waals surface area contributed by atoms with E-state index in [1.54, 1.807) is 12.0 Å². The third-order valence-corrected chi connectivity index (χ3v) is 4.29. The second kappa shape index (κ2) is 7.01. The van der Waals surface area contributed by atoms with Gasteiger partial charge in [0.15, 0.2) is 0 Å². The minimum absolute atomic E-state index is 0.0796. The van der Waals surface area contributed by atoms with E-state index in [4.69, 9.17) is 21.1 Å². The van der Waals surface area contributed by atoms with E-state index in [9.17, 15) is 4.79 Å². The summed E-state index contributed by atoms with van der Waals surface area (Å²) in [5.74, 6) is 0.662. The summed E-state index contributed by atoms with van der Waals surface area (Å²) < 4.78 is 10.1. The molecule has 0 radical (unpaired) electrons. The summed E-state index contributed by atoms with van der Waals surface area (Å²) in [7, 11) is 1.60. The summed E-state index contributed by atoms with van der Waals surface area (Å²) in [6.07, 6.45) is -0.294. The number of nitrogens with one attached hydrogen (secondary N) is 1. The molecular formula is C18H19ClN2O3. The Hall–Kier alpha value is -2.40. The quantitative estimate of drug-likeness (QED) is 0.867. The smallest absolute Gasteiger partial charge is 0.414 e. The molecule has 1 atom stereocenters. The molecule has 1 heterocycles. The maximum Gasteiger partial charge on any atom is 0.414 e. The molecule has 0 unspecified atom stereocenters. The van der Waals surface area contributed by atoms with Gasteiger partial charge in [-0.1, -0.05) is 17.7 Å². The zero-order valence-corrected chi connectivity index (χ0v) is 14.3. The number of halogens is 1. The summed E-state index contributed by atoms with van der Waals surface area (Å²) in [5, 5.41) is 4.01. The number of benzene rings is 2. The van der Waals surface area contributed by atoms with Crippen molar-refractivity contribution in [2.45, 2.75) is 13.0 Å². The van der Waals surface area contributed by atoms with Crippen LogP contribution in [0, 0.1) is 0 Å². The van der Waals surface area contributed by atoms with Crippen LogP contribution in [0.5, 0.6) is 5.75 Å². The van der Waals surface area contributed by atoms with Crippen LogP contribution < -0.4 is 15.0 Å². The molecule has 5 nitrogen and oxygen atoms in total. The highest BCUT2D eigenvalue weighted by Gasteiger charge is 2.23. The van der Waals surface area contributed by atoms with Gasteiger partial charge in [0.25, 0.3) is 0 Å². The van der Waals surface area contributed by atoms with Gasteiger partial charge in [-0.2, -0.15) is 0 Å². The van der Waals surface area contributed by atoms with Crippen molar-refractivity contribution in [1.29, 1.82) is 0 Å². The largest absolute Gasteiger partial charge is 0.495 e. The molecule has 1 aliphatic heterocycles. The number of hydrogen-bond donors (Lipinski definition) is 1. The molecule has 0 bridgehead atoms. The third-order valence-electron chi connectivity index (χ3n) is 4.00. The molecule has 1 fully saturated rings. The van der Waals surface area contributed by atoms with E-state index in [-0.39, 0.29) is 12.1 Å². The fourth-order valence-electron chi connectivity index (χ4n) is 2.65. The maximum absolute atomic E-state index is 11.6. The number of ether oxygens (including phenoxy) is 2. The van der Waals surface area contributed by atoms with Crippen molar-refractivity contribution in [3.05, 3.63) is 53.1 Å². The zero-order valence-electron chi connectivity index (χ0n) is 13.6. The first-order valence-corrected chi connectivity index (χ1v) is 8.10. The molecule has 1 N–H and O–H groups in total. The van der Waals surface area contributed by atoms with Crippen molar-refractivity contribution >= 4 is 29.1 Å². The Morgan fingerprint density at radius 3 is 2.58 bits per heavy atom. The van der Waals surface area contributed by atoms with Gasteiger partial charge in [-0.3, -0.25) is 4.90 Å². The lowest BCUT2D eigenvalue weighted by Gasteiger charge is -2.18. The number of methoxy groups -OCH3 is 1. The van der Waals surface area contributed by atoms with Gasteiger partial charge < -0.3 is 14.8 Å². The summed E-state index contributed by atoms with van der Waals surface area (Å²) in [4.78, 5) is 13.2. The monoisotopic (exact) mass is 346 g/mol. The van der Waals surface area contributed by atoms with E-state index in [2.05, 4.69) is 12.2 Å². The molecule has 24 heavy (non-hydrogen) atoms. The number of carbonyl (C=O) groups is 1. The van der Waals surface area contributed by atoms with E-state index < -0.39 is 0 Å². The van der Waals surface area contributed by atoms with Crippen LogP contribution in [0.15, 0.2) is 42.5 Å². The average Bonchev–Trinajstić information content (AvgIpc) is 3.01. The number of rotatable bonds is 5. The van der Waals surface area contributed by atoms with E-state index in [1.807, 2.05) is 42.5 Å². The lowest BCUT2D eigenvalue weighted by atomic mass is 10.1. The highest BCUT2D eigenvalue weighted by molar-refractivity contribution is 6.32. The number of hydrogen-bond acceptors (Lipinski definition) is 4.